The van der Waals surface area contributed by atoms with E-state index in [4.69, 9.17) is 9.47 Å². The summed E-state index contributed by atoms with van der Waals surface area (Å²) >= 11 is 0. The van der Waals surface area contributed by atoms with E-state index < -0.39 is 6.10 Å². The quantitative estimate of drug-likeness (QED) is 0.876. The molecular weight excluding hydrogens is 266 g/mol. The minimum Gasteiger partial charge on any atom is -0.481 e. The fourth-order valence-electron chi connectivity index (χ4n) is 2.41. The first kappa shape index (κ1) is 15.8. The van der Waals surface area contributed by atoms with E-state index in [1.165, 1.54) is 11.1 Å². The van der Waals surface area contributed by atoms with Crippen LogP contribution in [-0.4, -0.2) is 31.3 Å². The number of carbonyl (C=O) groups excluding carboxylic acids is 1. The third-order valence-electron chi connectivity index (χ3n) is 3.95. The molecule has 4 heteroatoms. The van der Waals surface area contributed by atoms with Crippen molar-refractivity contribution in [3.8, 4) is 5.75 Å². The molecule has 21 heavy (non-hydrogen) atoms. The predicted molar refractivity (Wildman–Crippen MR) is 82.6 cm³/mol. The minimum atomic E-state index is -0.450. The van der Waals surface area contributed by atoms with Gasteiger partial charge in [-0.25, -0.2) is 0 Å². The van der Waals surface area contributed by atoms with Gasteiger partial charge in [-0.1, -0.05) is 13.0 Å². The maximum absolute atomic E-state index is 12.2. The van der Waals surface area contributed by atoms with Crippen LogP contribution in [0.15, 0.2) is 18.2 Å². The molecule has 0 unspecified atom stereocenters. The van der Waals surface area contributed by atoms with Gasteiger partial charge in [0.2, 0.25) is 0 Å². The number of amides is 1. The van der Waals surface area contributed by atoms with Crippen LogP contribution in [0.1, 0.15) is 37.3 Å². The SMILES string of the molecule is CC[C@@H](Oc1ccc(C)c(C)c1)C(=O)NC[C@@H]1CCCO1. The van der Waals surface area contributed by atoms with Gasteiger partial charge in [0, 0.05) is 13.2 Å². The molecule has 0 radical (unpaired) electrons. The van der Waals surface area contributed by atoms with Crippen LogP contribution in [0, 0.1) is 13.8 Å². The summed E-state index contributed by atoms with van der Waals surface area (Å²) in [5, 5.41) is 2.93. The van der Waals surface area contributed by atoms with Crippen molar-refractivity contribution in [2.45, 2.75) is 52.2 Å². The van der Waals surface area contributed by atoms with Crippen LogP contribution in [-0.2, 0) is 9.53 Å². The monoisotopic (exact) mass is 291 g/mol. The largest absolute Gasteiger partial charge is 0.481 e. The van der Waals surface area contributed by atoms with E-state index in [9.17, 15) is 4.79 Å². The molecular formula is C17H25NO3. The Bertz CT molecular complexity index is 481. The standard InChI is InChI=1S/C17H25NO3/c1-4-16(17(19)18-11-15-6-5-9-20-15)21-14-8-7-12(2)13(3)10-14/h7-8,10,15-16H,4-6,9,11H2,1-3H3,(H,18,19)/t15-,16+/m0/s1. The van der Waals surface area contributed by atoms with Crippen molar-refractivity contribution in [2.75, 3.05) is 13.2 Å². The molecule has 1 amide bonds. The highest BCUT2D eigenvalue weighted by molar-refractivity contribution is 5.81. The summed E-state index contributed by atoms with van der Waals surface area (Å²) in [7, 11) is 0. The second-order valence-corrected chi connectivity index (χ2v) is 5.64. The van der Waals surface area contributed by atoms with E-state index in [0.717, 1.165) is 25.2 Å². The van der Waals surface area contributed by atoms with E-state index in [1.54, 1.807) is 0 Å². The average molecular weight is 291 g/mol. The molecule has 4 nitrogen and oxygen atoms in total. The van der Waals surface area contributed by atoms with Crippen molar-refractivity contribution in [1.82, 2.24) is 5.32 Å². The summed E-state index contributed by atoms with van der Waals surface area (Å²) in [6, 6.07) is 5.91. The Morgan fingerprint density at radius 2 is 2.24 bits per heavy atom. The molecule has 1 heterocycles. The van der Waals surface area contributed by atoms with E-state index >= 15 is 0 Å². The van der Waals surface area contributed by atoms with Gasteiger partial charge < -0.3 is 14.8 Å². The molecule has 0 aromatic heterocycles. The Balaban J connectivity index is 1.88. The van der Waals surface area contributed by atoms with Crippen molar-refractivity contribution < 1.29 is 14.3 Å². The highest BCUT2D eigenvalue weighted by Crippen LogP contribution is 2.18. The summed E-state index contributed by atoms with van der Waals surface area (Å²) in [6.45, 7) is 7.44. The lowest BCUT2D eigenvalue weighted by atomic mass is 10.1. The molecule has 1 N–H and O–H groups in total. The molecule has 1 saturated heterocycles. The number of aryl methyl sites for hydroxylation is 2. The van der Waals surface area contributed by atoms with Gasteiger partial charge in [-0.2, -0.15) is 0 Å². The van der Waals surface area contributed by atoms with Crippen molar-refractivity contribution >= 4 is 5.91 Å². The smallest absolute Gasteiger partial charge is 0.261 e. The number of benzene rings is 1. The third-order valence-corrected chi connectivity index (χ3v) is 3.95. The molecule has 0 saturated carbocycles. The Labute approximate surface area is 126 Å². The van der Waals surface area contributed by atoms with E-state index in [2.05, 4.69) is 12.2 Å². The van der Waals surface area contributed by atoms with Crippen molar-refractivity contribution in [2.24, 2.45) is 0 Å². The lowest BCUT2D eigenvalue weighted by Gasteiger charge is -2.19. The molecule has 0 spiro atoms. The average Bonchev–Trinajstić information content (AvgIpc) is 2.99. The molecule has 2 rings (SSSR count). The zero-order valence-electron chi connectivity index (χ0n) is 13.1. The van der Waals surface area contributed by atoms with Crippen LogP contribution in [0.25, 0.3) is 0 Å². The molecule has 1 aromatic rings. The number of rotatable bonds is 6. The second-order valence-electron chi connectivity index (χ2n) is 5.64. The van der Waals surface area contributed by atoms with Crippen LogP contribution < -0.4 is 10.1 Å². The second kappa shape index (κ2) is 7.46. The molecule has 116 valence electrons. The molecule has 2 atom stereocenters. The van der Waals surface area contributed by atoms with Gasteiger partial charge in [-0.15, -0.1) is 0 Å². The fraction of sp³-hybridized carbons (Fsp3) is 0.588. The zero-order valence-corrected chi connectivity index (χ0v) is 13.1. The summed E-state index contributed by atoms with van der Waals surface area (Å²) in [4.78, 5) is 12.2. The number of hydrogen-bond donors (Lipinski definition) is 1. The fourth-order valence-corrected chi connectivity index (χ4v) is 2.41. The Kier molecular flexibility index (Phi) is 5.62. The highest BCUT2D eigenvalue weighted by Gasteiger charge is 2.21. The number of carbonyl (C=O) groups is 1. The summed E-state index contributed by atoms with van der Waals surface area (Å²) < 4.78 is 11.3. The van der Waals surface area contributed by atoms with Gasteiger partial charge in [0.15, 0.2) is 6.10 Å². The Hall–Kier alpha value is -1.55. The number of hydrogen-bond acceptors (Lipinski definition) is 3. The van der Waals surface area contributed by atoms with Gasteiger partial charge >= 0.3 is 0 Å². The normalized spacial score (nSPS) is 19.3. The Morgan fingerprint density at radius 3 is 2.86 bits per heavy atom. The summed E-state index contributed by atoms with van der Waals surface area (Å²) in [5.41, 5.74) is 2.39. The lowest BCUT2D eigenvalue weighted by Crippen LogP contribution is -2.41. The van der Waals surface area contributed by atoms with Gasteiger partial charge in [-0.05, 0) is 56.4 Å². The van der Waals surface area contributed by atoms with Crippen LogP contribution in [0.2, 0.25) is 0 Å². The van der Waals surface area contributed by atoms with Crippen molar-refractivity contribution in [1.29, 1.82) is 0 Å². The lowest BCUT2D eigenvalue weighted by molar-refractivity contribution is -0.128. The molecule has 1 aromatic carbocycles. The topological polar surface area (TPSA) is 47.6 Å². The van der Waals surface area contributed by atoms with Crippen LogP contribution in [0.3, 0.4) is 0 Å². The van der Waals surface area contributed by atoms with Crippen LogP contribution in [0.5, 0.6) is 5.75 Å². The Morgan fingerprint density at radius 1 is 1.43 bits per heavy atom. The van der Waals surface area contributed by atoms with E-state index in [-0.39, 0.29) is 12.0 Å². The molecule has 0 bridgehead atoms. The van der Waals surface area contributed by atoms with Crippen molar-refractivity contribution in [3.05, 3.63) is 29.3 Å². The van der Waals surface area contributed by atoms with E-state index in [1.807, 2.05) is 32.0 Å². The summed E-state index contributed by atoms with van der Waals surface area (Å²) in [6.07, 6.45) is 2.46. The maximum Gasteiger partial charge on any atom is 0.261 e. The predicted octanol–water partition coefficient (Wildman–Crippen LogP) is 2.76. The van der Waals surface area contributed by atoms with Gasteiger partial charge in [0.25, 0.3) is 5.91 Å². The third kappa shape index (κ3) is 4.46. The minimum absolute atomic E-state index is 0.0637. The van der Waals surface area contributed by atoms with Crippen LogP contribution in [0.4, 0.5) is 0 Å². The number of ether oxygens (including phenoxy) is 2. The molecule has 0 aliphatic carbocycles. The maximum atomic E-state index is 12.2. The zero-order chi connectivity index (χ0) is 15.2. The van der Waals surface area contributed by atoms with Crippen LogP contribution >= 0.6 is 0 Å². The summed E-state index contributed by atoms with van der Waals surface area (Å²) in [5.74, 6) is 0.684. The first-order chi connectivity index (χ1) is 10.1. The molecule has 1 aliphatic rings. The highest BCUT2D eigenvalue weighted by atomic mass is 16.5. The van der Waals surface area contributed by atoms with E-state index in [0.29, 0.717) is 13.0 Å². The van der Waals surface area contributed by atoms with Gasteiger partial charge in [-0.3, -0.25) is 4.79 Å². The van der Waals surface area contributed by atoms with Crippen molar-refractivity contribution in [3.63, 3.8) is 0 Å². The first-order valence-corrected chi connectivity index (χ1v) is 7.73. The van der Waals surface area contributed by atoms with Gasteiger partial charge in [0.1, 0.15) is 5.75 Å². The number of nitrogens with one attached hydrogen (secondary N) is 1. The molecule has 1 aliphatic heterocycles. The first-order valence-electron chi connectivity index (χ1n) is 7.73. The van der Waals surface area contributed by atoms with Gasteiger partial charge in [0.05, 0.1) is 6.10 Å². The molecule has 1 fully saturated rings.